The van der Waals surface area contributed by atoms with Gasteiger partial charge in [0.15, 0.2) is 0 Å². The highest BCUT2D eigenvalue weighted by molar-refractivity contribution is 6.31. The van der Waals surface area contributed by atoms with Gasteiger partial charge in [0.25, 0.3) is 11.8 Å². The van der Waals surface area contributed by atoms with E-state index in [4.69, 9.17) is 11.6 Å². The Kier molecular flexibility index (Phi) is 7.09. The third-order valence-corrected chi connectivity index (χ3v) is 8.60. The van der Waals surface area contributed by atoms with E-state index in [1.54, 1.807) is 18.3 Å². The van der Waals surface area contributed by atoms with Crippen LogP contribution in [-0.4, -0.2) is 52.1 Å². The lowest BCUT2D eigenvalue weighted by atomic mass is 9.91. The summed E-state index contributed by atoms with van der Waals surface area (Å²) in [5, 5.41) is 0.522. The third kappa shape index (κ3) is 4.80. The van der Waals surface area contributed by atoms with E-state index in [9.17, 15) is 14.4 Å². The molecule has 39 heavy (non-hydrogen) atoms. The van der Waals surface area contributed by atoms with Crippen molar-refractivity contribution in [2.75, 3.05) is 24.5 Å². The van der Waals surface area contributed by atoms with Gasteiger partial charge in [-0.15, -0.1) is 0 Å². The van der Waals surface area contributed by atoms with Gasteiger partial charge >= 0.3 is 0 Å². The van der Waals surface area contributed by atoms with Crippen molar-refractivity contribution in [2.24, 2.45) is 5.92 Å². The molecule has 0 bridgehead atoms. The Morgan fingerprint density at radius 2 is 1.79 bits per heavy atom. The number of rotatable bonds is 5. The molecule has 0 spiro atoms. The summed E-state index contributed by atoms with van der Waals surface area (Å²) in [5.74, 6) is -0.623. The molecule has 3 aromatic rings. The number of halogens is 1. The monoisotopic (exact) mass is 542 g/mol. The van der Waals surface area contributed by atoms with Gasteiger partial charge in [-0.25, -0.2) is 0 Å². The first-order valence-electron chi connectivity index (χ1n) is 13.7. The van der Waals surface area contributed by atoms with Gasteiger partial charge in [-0.3, -0.25) is 24.3 Å². The lowest BCUT2D eigenvalue weighted by molar-refractivity contribution is -0.139. The van der Waals surface area contributed by atoms with Crippen molar-refractivity contribution in [1.29, 1.82) is 0 Å². The van der Waals surface area contributed by atoms with Crippen LogP contribution >= 0.6 is 11.6 Å². The molecule has 200 valence electrons. The van der Waals surface area contributed by atoms with E-state index in [1.807, 2.05) is 47.5 Å². The Morgan fingerprint density at radius 1 is 0.923 bits per heavy atom. The van der Waals surface area contributed by atoms with Crippen LogP contribution in [0, 0.1) is 5.92 Å². The van der Waals surface area contributed by atoms with E-state index in [2.05, 4.69) is 16.0 Å². The molecule has 3 aliphatic heterocycles. The van der Waals surface area contributed by atoms with Crippen molar-refractivity contribution < 1.29 is 14.4 Å². The summed E-state index contributed by atoms with van der Waals surface area (Å²) < 4.78 is 0. The van der Waals surface area contributed by atoms with E-state index >= 15 is 0 Å². The van der Waals surface area contributed by atoms with Crippen LogP contribution in [0.25, 0.3) is 0 Å². The number of fused-ring (bicyclic) bond motifs is 1. The predicted octanol–water partition coefficient (Wildman–Crippen LogP) is 5.50. The molecular weight excluding hydrogens is 512 g/mol. The van der Waals surface area contributed by atoms with Gasteiger partial charge in [-0.1, -0.05) is 41.9 Å². The molecule has 0 unspecified atom stereocenters. The Bertz CT molecular complexity index is 1410. The number of piperidine rings is 2. The molecule has 2 fully saturated rings. The highest BCUT2D eigenvalue weighted by Gasteiger charge is 2.40. The van der Waals surface area contributed by atoms with Gasteiger partial charge in [0, 0.05) is 37.1 Å². The molecule has 3 aliphatic rings. The second-order valence-corrected chi connectivity index (χ2v) is 11.0. The summed E-state index contributed by atoms with van der Waals surface area (Å²) >= 11 is 6.32. The quantitative estimate of drug-likeness (QED) is 0.398. The van der Waals surface area contributed by atoms with E-state index in [0.29, 0.717) is 22.7 Å². The molecule has 6 rings (SSSR count). The standard InChI is InChI=1S/C31H31ClN4O3/c32-25-12-2-1-8-22(25)20-36-30(38)24-11-5-14-27(28(24)31(36)39)34-16-7-10-23(19-34)29(37)35-17-4-3-13-26(35)21-9-6-15-33-18-21/h1-2,5-6,8-9,11-12,14-15,18,23,26H,3-4,7,10,13,16-17,19-20H2/t23-,26-/m0/s1. The van der Waals surface area contributed by atoms with Crippen LogP contribution in [0.5, 0.6) is 0 Å². The largest absolute Gasteiger partial charge is 0.370 e. The Hall–Kier alpha value is -3.71. The van der Waals surface area contributed by atoms with Crippen molar-refractivity contribution in [3.05, 3.63) is 94.3 Å². The van der Waals surface area contributed by atoms with E-state index in [0.717, 1.165) is 62.0 Å². The number of hydrogen-bond donors (Lipinski definition) is 0. The second-order valence-electron chi connectivity index (χ2n) is 10.6. The smallest absolute Gasteiger partial charge is 0.263 e. The molecule has 2 saturated heterocycles. The number of benzene rings is 2. The number of amides is 3. The van der Waals surface area contributed by atoms with Crippen LogP contribution in [0.1, 0.15) is 70.0 Å². The predicted molar refractivity (Wildman–Crippen MR) is 150 cm³/mol. The highest BCUT2D eigenvalue weighted by Crippen LogP contribution is 2.37. The summed E-state index contributed by atoms with van der Waals surface area (Å²) in [6, 6.07) is 16.7. The minimum absolute atomic E-state index is 0.0499. The van der Waals surface area contributed by atoms with Gasteiger partial charge in [0.1, 0.15) is 0 Å². The zero-order chi connectivity index (χ0) is 26.9. The average molecular weight is 543 g/mol. The SMILES string of the molecule is O=C1c2cccc(N3CCC[C@H](C(=O)N4CCCC[C@H]4c4cccnc4)C3)c2C(=O)N1Cc1ccccc1Cl. The molecule has 8 heteroatoms. The number of pyridine rings is 1. The molecule has 2 aromatic carbocycles. The fourth-order valence-electron chi connectivity index (χ4n) is 6.27. The molecule has 7 nitrogen and oxygen atoms in total. The number of nitrogens with zero attached hydrogens (tertiary/aromatic N) is 4. The lowest BCUT2D eigenvalue weighted by Crippen LogP contribution is -2.47. The molecule has 2 atom stereocenters. The maximum atomic E-state index is 13.9. The Labute approximate surface area is 233 Å². The molecular formula is C31H31ClN4O3. The second kappa shape index (κ2) is 10.8. The molecule has 0 aliphatic carbocycles. The third-order valence-electron chi connectivity index (χ3n) is 8.23. The van der Waals surface area contributed by atoms with Crippen molar-refractivity contribution in [3.8, 4) is 0 Å². The molecule has 0 radical (unpaired) electrons. The van der Waals surface area contributed by atoms with Crippen molar-refractivity contribution in [3.63, 3.8) is 0 Å². The Morgan fingerprint density at radius 3 is 2.62 bits per heavy atom. The van der Waals surface area contributed by atoms with Gasteiger partial charge in [-0.2, -0.15) is 0 Å². The van der Waals surface area contributed by atoms with Crippen molar-refractivity contribution >= 4 is 35.0 Å². The van der Waals surface area contributed by atoms with Gasteiger partial charge in [0.2, 0.25) is 5.91 Å². The lowest BCUT2D eigenvalue weighted by Gasteiger charge is -2.41. The van der Waals surface area contributed by atoms with Crippen molar-refractivity contribution in [1.82, 2.24) is 14.8 Å². The molecule has 0 saturated carbocycles. The van der Waals surface area contributed by atoms with E-state index in [1.165, 1.54) is 4.90 Å². The zero-order valence-corrected chi connectivity index (χ0v) is 22.5. The molecule has 1 aromatic heterocycles. The fourth-order valence-corrected chi connectivity index (χ4v) is 6.46. The van der Waals surface area contributed by atoms with Crippen LogP contribution in [0.2, 0.25) is 5.02 Å². The van der Waals surface area contributed by atoms with Crippen molar-refractivity contribution in [2.45, 2.75) is 44.7 Å². The van der Waals surface area contributed by atoms with Crippen LogP contribution in [0.4, 0.5) is 5.69 Å². The van der Waals surface area contributed by atoms with Crippen LogP contribution in [-0.2, 0) is 11.3 Å². The topological polar surface area (TPSA) is 73.8 Å². The normalized spacial score (nSPS) is 21.3. The number of aromatic nitrogens is 1. The summed E-state index contributed by atoms with van der Waals surface area (Å²) in [4.78, 5) is 50.5. The number of imide groups is 1. The van der Waals surface area contributed by atoms with E-state index < -0.39 is 0 Å². The number of likely N-dealkylation sites (tertiary alicyclic amines) is 1. The summed E-state index contributed by atoms with van der Waals surface area (Å²) in [6.07, 6.45) is 8.33. The maximum absolute atomic E-state index is 13.9. The number of hydrogen-bond acceptors (Lipinski definition) is 5. The highest BCUT2D eigenvalue weighted by atomic mass is 35.5. The summed E-state index contributed by atoms with van der Waals surface area (Å²) in [5.41, 5.74) is 3.37. The molecule has 0 N–H and O–H groups in total. The first-order valence-corrected chi connectivity index (χ1v) is 14.1. The number of carbonyl (C=O) groups is 3. The van der Waals surface area contributed by atoms with E-state index in [-0.39, 0.29) is 36.2 Å². The summed E-state index contributed by atoms with van der Waals surface area (Å²) in [6.45, 7) is 2.13. The van der Waals surface area contributed by atoms with Crippen LogP contribution < -0.4 is 4.90 Å². The van der Waals surface area contributed by atoms with Gasteiger partial charge in [-0.05, 0) is 67.5 Å². The molecule has 4 heterocycles. The number of anilines is 1. The minimum atomic E-state index is -0.313. The fraction of sp³-hybridized carbons (Fsp3) is 0.355. The maximum Gasteiger partial charge on any atom is 0.263 e. The summed E-state index contributed by atoms with van der Waals surface area (Å²) in [7, 11) is 0. The first kappa shape index (κ1) is 25.6. The minimum Gasteiger partial charge on any atom is -0.370 e. The number of carbonyl (C=O) groups excluding carboxylic acids is 3. The van der Waals surface area contributed by atoms with Crippen LogP contribution in [0.15, 0.2) is 67.0 Å². The van der Waals surface area contributed by atoms with Crippen LogP contribution in [0.3, 0.4) is 0 Å². The van der Waals surface area contributed by atoms with Gasteiger partial charge < -0.3 is 9.80 Å². The van der Waals surface area contributed by atoms with Gasteiger partial charge in [0.05, 0.1) is 35.3 Å². The Balaban J connectivity index is 1.23. The first-order chi connectivity index (χ1) is 19.0. The molecule has 3 amide bonds. The average Bonchev–Trinajstić information content (AvgIpc) is 3.23. The zero-order valence-electron chi connectivity index (χ0n) is 21.8.